The van der Waals surface area contributed by atoms with E-state index < -0.39 is 5.97 Å². The number of aromatic nitrogens is 3. The molecular weight excluding hydrogens is 358 g/mol. The maximum absolute atomic E-state index is 12.0. The van der Waals surface area contributed by atoms with Crippen LogP contribution in [0.1, 0.15) is 29.9 Å². The minimum absolute atomic E-state index is 0.0313. The van der Waals surface area contributed by atoms with Gasteiger partial charge in [-0.2, -0.15) is 10.4 Å². The van der Waals surface area contributed by atoms with Crippen LogP contribution in [0, 0.1) is 11.3 Å². The molecule has 2 aromatic heterocycles. The van der Waals surface area contributed by atoms with Gasteiger partial charge in [-0.15, -0.1) is 0 Å². The van der Waals surface area contributed by atoms with Crippen molar-refractivity contribution in [1.29, 1.82) is 5.26 Å². The van der Waals surface area contributed by atoms with Gasteiger partial charge in [0.05, 0.1) is 25.1 Å². The number of ether oxygens (including phenoxy) is 2. The first-order chi connectivity index (χ1) is 13.5. The van der Waals surface area contributed by atoms with E-state index in [0.717, 1.165) is 5.56 Å². The molecule has 0 saturated heterocycles. The first-order valence-corrected chi connectivity index (χ1v) is 8.55. The number of hydrogen-bond acceptors (Lipinski definition) is 7. The summed E-state index contributed by atoms with van der Waals surface area (Å²) in [5.41, 5.74) is 8.41. The molecule has 3 N–H and O–H groups in total. The van der Waals surface area contributed by atoms with Gasteiger partial charge in [-0.25, -0.2) is 9.78 Å². The van der Waals surface area contributed by atoms with E-state index in [1.807, 2.05) is 44.2 Å². The zero-order valence-electron chi connectivity index (χ0n) is 15.7. The van der Waals surface area contributed by atoms with Crippen LogP contribution in [0.4, 0.5) is 5.82 Å². The van der Waals surface area contributed by atoms with Crippen molar-refractivity contribution in [3.63, 3.8) is 0 Å². The summed E-state index contributed by atoms with van der Waals surface area (Å²) in [6, 6.07) is 11.1. The van der Waals surface area contributed by atoms with Gasteiger partial charge >= 0.3 is 5.97 Å². The average molecular weight is 377 g/mol. The van der Waals surface area contributed by atoms with Gasteiger partial charge in [0, 0.05) is 16.7 Å². The van der Waals surface area contributed by atoms with E-state index in [1.165, 1.54) is 13.3 Å². The Labute approximate surface area is 161 Å². The molecule has 142 valence electrons. The van der Waals surface area contributed by atoms with Crippen molar-refractivity contribution in [3.05, 3.63) is 47.8 Å². The molecule has 0 saturated carbocycles. The molecule has 0 bridgehead atoms. The van der Waals surface area contributed by atoms with E-state index in [-0.39, 0.29) is 23.2 Å². The molecule has 0 radical (unpaired) electrons. The van der Waals surface area contributed by atoms with Crippen LogP contribution < -0.4 is 10.5 Å². The van der Waals surface area contributed by atoms with Gasteiger partial charge in [-0.3, -0.25) is 5.10 Å². The maximum atomic E-state index is 12.0. The fourth-order valence-electron chi connectivity index (χ4n) is 2.82. The third-order valence-electron chi connectivity index (χ3n) is 4.00. The van der Waals surface area contributed by atoms with E-state index in [1.54, 1.807) is 6.07 Å². The number of benzene rings is 1. The molecule has 0 atom stereocenters. The second kappa shape index (κ2) is 7.80. The lowest BCUT2D eigenvalue weighted by Gasteiger charge is -2.15. The van der Waals surface area contributed by atoms with Crippen LogP contribution in [0.25, 0.3) is 22.4 Å². The minimum Gasteiger partial charge on any atom is -0.490 e. The molecule has 0 aliphatic heterocycles. The lowest BCUT2D eigenvalue weighted by molar-refractivity contribution is 0.0595. The molecule has 2 heterocycles. The van der Waals surface area contributed by atoms with Crippen molar-refractivity contribution in [2.24, 2.45) is 0 Å². The van der Waals surface area contributed by atoms with Gasteiger partial charge in [-0.1, -0.05) is 12.1 Å². The molecule has 0 amide bonds. The van der Waals surface area contributed by atoms with Crippen LogP contribution in [0.15, 0.2) is 36.5 Å². The highest BCUT2D eigenvalue weighted by atomic mass is 16.5. The number of para-hydroxylation sites is 1. The Morgan fingerprint density at radius 1 is 1.25 bits per heavy atom. The molecule has 1 aromatic carbocycles. The maximum Gasteiger partial charge on any atom is 0.356 e. The van der Waals surface area contributed by atoms with Crippen LogP contribution in [0.2, 0.25) is 0 Å². The number of rotatable bonds is 5. The molecular formula is C20H19N5O3. The molecule has 0 aliphatic carbocycles. The number of hydrogen-bond donors (Lipinski definition) is 2. The van der Waals surface area contributed by atoms with E-state index in [0.29, 0.717) is 22.6 Å². The van der Waals surface area contributed by atoms with Crippen molar-refractivity contribution in [2.75, 3.05) is 12.8 Å². The molecule has 0 fully saturated rings. The number of H-pyrrole nitrogens is 1. The molecule has 3 aromatic rings. The van der Waals surface area contributed by atoms with Crippen LogP contribution in [0.5, 0.6) is 5.75 Å². The standard InChI is InChI=1S/C20H19N5O3/c1-11(2)28-17-7-5-4-6-12(17)16-8-13(14(9-21)19(22)24-16)15-10-23-25-18(15)20(26)27-3/h4-8,10-11H,1-3H3,(H2,22,24)(H,23,25). The number of esters is 1. The monoisotopic (exact) mass is 377 g/mol. The quantitative estimate of drug-likeness (QED) is 0.654. The molecule has 0 aliphatic rings. The molecule has 0 unspecified atom stereocenters. The third kappa shape index (κ3) is 3.50. The number of nitrogens with one attached hydrogen (secondary N) is 1. The molecule has 8 nitrogen and oxygen atoms in total. The number of carbonyl (C=O) groups is 1. The number of pyridine rings is 1. The smallest absolute Gasteiger partial charge is 0.356 e. The Balaban J connectivity index is 2.23. The van der Waals surface area contributed by atoms with Gasteiger partial charge in [-0.05, 0) is 32.0 Å². The summed E-state index contributed by atoms with van der Waals surface area (Å²) in [5.74, 6) is 0.0867. The number of nitrogens with zero attached hydrogens (tertiary/aromatic N) is 3. The number of nitrogen functional groups attached to an aromatic ring is 1. The van der Waals surface area contributed by atoms with Gasteiger partial charge in [0.1, 0.15) is 23.2 Å². The average Bonchev–Trinajstić information content (AvgIpc) is 3.16. The summed E-state index contributed by atoms with van der Waals surface area (Å²) >= 11 is 0. The number of nitrogens with two attached hydrogens (primary N) is 1. The van der Waals surface area contributed by atoms with Crippen LogP contribution in [0.3, 0.4) is 0 Å². The lowest BCUT2D eigenvalue weighted by atomic mass is 9.98. The zero-order valence-corrected chi connectivity index (χ0v) is 15.7. The fraction of sp³-hybridized carbons (Fsp3) is 0.200. The highest BCUT2D eigenvalue weighted by molar-refractivity contribution is 5.97. The number of methoxy groups -OCH3 is 1. The second-order valence-electron chi connectivity index (χ2n) is 6.24. The number of carbonyl (C=O) groups excluding carboxylic acids is 1. The third-order valence-corrected chi connectivity index (χ3v) is 4.00. The summed E-state index contributed by atoms with van der Waals surface area (Å²) in [5, 5.41) is 16.1. The van der Waals surface area contributed by atoms with E-state index in [4.69, 9.17) is 15.2 Å². The van der Waals surface area contributed by atoms with Gasteiger partial charge in [0.25, 0.3) is 0 Å². The Kier molecular flexibility index (Phi) is 5.27. The van der Waals surface area contributed by atoms with Gasteiger partial charge < -0.3 is 15.2 Å². The molecule has 0 spiro atoms. The fourth-order valence-corrected chi connectivity index (χ4v) is 2.82. The Morgan fingerprint density at radius 3 is 2.68 bits per heavy atom. The van der Waals surface area contributed by atoms with Gasteiger partial charge in [0.15, 0.2) is 5.69 Å². The van der Waals surface area contributed by atoms with E-state index >= 15 is 0 Å². The van der Waals surface area contributed by atoms with Crippen molar-refractivity contribution in [1.82, 2.24) is 15.2 Å². The largest absolute Gasteiger partial charge is 0.490 e. The Bertz CT molecular complexity index is 1070. The summed E-state index contributed by atoms with van der Waals surface area (Å²) < 4.78 is 10.6. The predicted octanol–water partition coefficient (Wildman–Crippen LogP) is 3.17. The second-order valence-corrected chi connectivity index (χ2v) is 6.24. The van der Waals surface area contributed by atoms with Crippen molar-refractivity contribution >= 4 is 11.8 Å². The first kappa shape index (κ1) is 18.9. The topological polar surface area (TPSA) is 127 Å². The van der Waals surface area contributed by atoms with Gasteiger partial charge in [0.2, 0.25) is 0 Å². The zero-order chi connectivity index (χ0) is 20.3. The minimum atomic E-state index is -0.600. The molecule has 28 heavy (non-hydrogen) atoms. The summed E-state index contributed by atoms with van der Waals surface area (Å²) in [6.07, 6.45) is 1.42. The van der Waals surface area contributed by atoms with Crippen LogP contribution in [-0.2, 0) is 4.74 Å². The highest BCUT2D eigenvalue weighted by Crippen LogP contribution is 2.36. The number of anilines is 1. The lowest BCUT2D eigenvalue weighted by Crippen LogP contribution is -2.08. The SMILES string of the molecule is COC(=O)c1[nH]ncc1-c1cc(-c2ccccc2OC(C)C)nc(N)c1C#N. The van der Waals surface area contributed by atoms with E-state index in [2.05, 4.69) is 15.2 Å². The first-order valence-electron chi connectivity index (χ1n) is 8.55. The summed E-state index contributed by atoms with van der Waals surface area (Å²) in [7, 11) is 1.27. The number of aromatic amines is 1. The van der Waals surface area contributed by atoms with Crippen LogP contribution >= 0.6 is 0 Å². The Hall–Kier alpha value is -3.86. The number of nitriles is 1. The summed E-state index contributed by atoms with van der Waals surface area (Å²) in [4.78, 5) is 16.4. The van der Waals surface area contributed by atoms with Crippen molar-refractivity contribution in [2.45, 2.75) is 20.0 Å². The van der Waals surface area contributed by atoms with Crippen molar-refractivity contribution < 1.29 is 14.3 Å². The molecule has 3 rings (SSSR count). The normalized spacial score (nSPS) is 10.5. The predicted molar refractivity (Wildman–Crippen MR) is 103 cm³/mol. The van der Waals surface area contributed by atoms with Crippen LogP contribution in [-0.4, -0.2) is 34.4 Å². The van der Waals surface area contributed by atoms with E-state index in [9.17, 15) is 10.1 Å². The highest BCUT2D eigenvalue weighted by Gasteiger charge is 2.22. The Morgan fingerprint density at radius 2 is 2.00 bits per heavy atom. The summed E-state index contributed by atoms with van der Waals surface area (Å²) in [6.45, 7) is 3.85. The van der Waals surface area contributed by atoms with Crippen molar-refractivity contribution in [3.8, 4) is 34.2 Å². The molecule has 8 heteroatoms.